The van der Waals surface area contributed by atoms with Crippen molar-refractivity contribution in [2.75, 3.05) is 33.4 Å². The molecule has 0 spiro atoms. The van der Waals surface area contributed by atoms with Crippen molar-refractivity contribution >= 4 is 29.6 Å². The maximum absolute atomic E-state index is 13.7. The standard InChI is InChI=1S/C28H40N4O7/c1-3-4-13-21(23(33)24(34)30-22(25(35)38-2)20-11-7-5-8-12-20)29-26(36)28(14-9-6-10-15-28)31-27(37)32-16-18-39-19-17-32/h5,7-8,11-12,21-22H,3-4,6,9-10,13-19H2,1-2H3,(H,29,36)(H,30,34)(H,31,37)/t21-,22-/m0/s1. The summed E-state index contributed by atoms with van der Waals surface area (Å²) >= 11 is 0. The molecule has 39 heavy (non-hydrogen) atoms. The van der Waals surface area contributed by atoms with Crippen LogP contribution in [-0.4, -0.2) is 79.5 Å². The minimum absolute atomic E-state index is 0.246. The van der Waals surface area contributed by atoms with Crippen LogP contribution in [0.5, 0.6) is 0 Å². The number of nitrogens with one attached hydrogen (secondary N) is 3. The Balaban J connectivity index is 1.76. The molecule has 1 aromatic carbocycles. The van der Waals surface area contributed by atoms with Gasteiger partial charge >= 0.3 is 12.0 Å². The minimum atomic E-state index is -1.17. The molecule has 0 aromatic heterocycles. The van der Waals surface area contributed by atoms with Crippen molar-refractivity contribution in [1.29, 1.82) is 0 Å². The zero-order valence-corrected chi connectivity index (χ0v) is 22.8. The van der Waals surface area contributed by atoms with Gasteiger partial charge in [-0.25, -0.2) is 9.59 Å². The lowest BCUT2D eigenvalue weighted by atomic mass is 9.80. The van der Waals surface area contributed by atoms with Crippen molar-refractivity contribution in [1.82, 2.24) is 20.9 Å². The van der Waals surface area contributed by atoms with Gasteiger partial charge in [0.1, 0.15) is 5.54 Å². The molecule has 1 saturated carbocycles. The summed E-state index contributed by atoms with van der Waals surface area (Å²) < 4.78 is 10.2. The molecule has 1 aromatic rings. The van der Waals surface area contributed by atoms with Gasteiger partial charge in [0.25, 0.3) is 5.91 Å². The van der Waals surface area contributed by atoms with Crippen molar-refractivity contribution < 1.29 is 33.4 Å². The number of amides is 4. The second kappa shape index (κ2) is 14.6. The molecule has 4 amide bonds. The van der Waals surface area contributed by atoms with E-state index in [1.807, 2.05) is 6.92 Å². The predicted molar refractivity (Wildman–Crippen MR) is 143 cm³/mol. The van der Waals surface area contributed by atoms with Crippen molar-refractivity contribution in [3.63, 3.8) is 0 Å². The Bertz CT molecular complexity index is 1000. The van der Waals surface area contributed by atoms with Crippen molar-refractivity contribution in [3.8, 4) is 0 Å². The lowest BCUT2D eigenvalue weighted by Crippen LogP contribution is -2.64. The van der Waals surface area contributed by atoms with Gasteiger partial charge in [0, 0.05) is 13.1 Å². The van der Waals surface area contributed by atoms with E-state index < -0.39 is 41.2 Å². The topological polar surface area (TPSA) is 143 Å². The number of urea groups is 1. The highest BCUT2D eigenvalue weighted by atomic mass is 16.5. The second-order valence-electron chi connectivity index (χ2n) is 10.0. The lowest BCUT2D eigenvalue weighted by molar-refractivity contribution is -0.147. The molecule has 1 heterocycles. The Hall–Kier alpha value is -3.47. The second-order valence-corrected chi connectivity index (χ2v) is 10.0. The van der Waals surface area contributed by atoms with E-state index in [0.717, 1.165) is 25.7 Å². The fourth-order valence-corrected chi connectivity index (χ4v) is 4.99. The molecule has 11 heteroatoms. The third-order valence-corrected chi connectivity index (χ3v) is 7.32. The highest BCUT2D eigenvalue weighted by molar-refractivity contribution is 6.38. The van der Waals surface area contributed by atoms with Gasteiger partial charge in [0.15, 0.2) is 6.04 Å². The van der Waals surface area contributed by atoms with Crippen molar-refractivity contribution in [2.24, 2.45) is 0 Å². The van der Waals surface area contributed by atoms with Gasteiger partial charge in [-0.3, -0.25) is 14.4 Å². The van der Waals surface area contributed by atoms with E-state index >= 15 is 0 Å². The molecule has 0 radical (unpaired) electrons. The number of rotatable bonds is 11. The number of nitrogens with zero attached hydrogens (tertiary/aromatic N) is 1. The van der Waals surface area contributed by atoms with Gasteiger partial charge in [0.2, 0.25) is 11.7 Å². The zero-order chi connectivity index (χ0) is 28.3. The average molecular weight is 545 g/mol. The highest BCUT2D eigenvalue weighted by Gasteiger charge is 2.43. The first-order chi connectivity index (χ1) is 18.8. The summed E-state index contributed by atoms with van der Waals surface area (Å²) in [6, 6.07) is 5.85. The molecule has 1 aliphatic carbocycles. The third-order valence-electron chi connectivity index (χ3n) is 7.32. The number of benzene rings is 1. The zero-order valence-electron chi connectivity index (χ0n) is 22.8. The molecule has 0 bridgehead atoms. The summed E-state index contributed by atoms with van der Waals surface area (Å²) in [6.07, 6.45) is 4.91. The first-order valence-electron chi connectivity index (χ1n) is 13.7. The van der Waals surface area contributed by atoms with E-state index in [2.05, 4.69) is 16.0 Å². The number of hydrogen-bond acceptors (Lipinski definition) is 7. The largest absolute Gasteiger partial charge is 0.467 e. The maximum atomic E-state index is 13.7. The molecule has 11 nitrogen and oxygen atoms in total. The van der Waals surface area contributed by atoms with Gasteiger partial charge in [-0.2, -0.15) is 0 Å². The number of ether oxygens (including phenoxy) is 2. The fourth-order valence-electron chi connectivity index (χ4n) is 4.99. The number of carbonyl (C=O) groups excluding carboxylic acids is 5. The molecule has 3 N–H and O–H groups in total. The molecule has 1 aliphatic heterocycles. The van der Waals surface area contributed by atoms with E-state index in [0.29, 0.717) is 51.1 Å². The summed E-state index contributed by atoms with van der Waals surface area (Å²) in [4.78, 5) is 67.2. The summed E-state index contributed by atoms with van der Waals surface area (Å²) in [5.74, 6) is -3.04. The summed E-state index contributed by atoms with van der Waals surface area (Å²) in [7, 11) is 1.20. The van der Waals surface area contributed by atoms with Crippen LogP contribution in [0, 0.1) is 0 Å². The first kappa shape index (κ1) is 30.1. The van der Waals surface area contributed by atoms with Crippen molar-refractivity contribution in [3.05, 3.63) is 35.9 Å². The van der Waals surface area contributed by atoms with E-state index in [1.54, 1.807) is 35.2 Å². The summed E-state index contributed by atoms with van der Waals surface area (Å²) in [5.41, 5.74) is -0.709. The van der Waals surface area contributed by atoms with Crippen LogP contribution in [0.2, 0.25) is 0 Å². The van der Waals surface area contributed by atoms with Crippen LogP contribution in [0.3, 0.4) is 0 Å². The van der Waals surface area contributed by atoms with Crippen LogP contribution in [0.15, 0.2) is 30.3 Å². The molecule has 1 saturated heterocycles. The Morgan fingerprint density at radius 3 is 2.28 bits per heavy atom. The van der Waals surface area contributed by atoms with Crippen LogP contribution >= 0.6 is 0 Å². The highest BCUT2D eigenvalue weighted by Crippen LogP contribution is 2.29. The number of carbonyl (C=O) groups is 5. The normalized spacial score (nSPS) is 18.3. The SMILES string of the molecule is CCCC[C@H](NC(=O)C1(NC(=O)N2CCOCC2)CCCCC1)C(=O)C(=O)N[C@H](C(=O)OC)c1ccccc1. The maximum Gasteiger partial charge on any atom is 0.333 e. The van der Waals surface area contributed by atoms with Gasteiger partial charge in [0.05, 0.1) is 26.4 Å². The van der Waals surface area contributed by atoms with Gasteiger partial charge in [-0.05, 0) is 24.8 Å². The quantitative estimate of drug-likeness (QED) is 0.286. The smallest absolute Gasteiger partial charge is 0.333 e. The molecular formula is C28H40N4O7. The molecular weight excluding hydrogens is 504 g/mol. The summed E-state index contributed by atoms with van der Waals surface area (Å²) in [6.45, 7) is 3.68. The Labute approximate surface area is 229 Å². The van der Waals surface area contributed by atoms with E-state index in [1.165, 1.54) is 7.11 Å². The monoisotopic (exact) mass is 544 g/mol. The number of morpholine rings is 1. The molecule has 3 rings (SSSR count). The fraction of sp³-hybridized carbons (Fsp3) is 0.607. The van der Waals surface area contributed by atoms with Crippen LogP contribution in [-0.2, 0) is 28.7 Å². The predicted octanol–water partition coefficient (Wildman–Crippen LogP) is 2.01. The molecule has 2 fully saturated rings. The number of unbranched alkanes of at least 4 members (excludes halogenated alkanes) is 1. The Kier molecular flexibility index (Phi) is 11.3. The average Bonchev–Trinajstić information content (AvgIpc) is 2.98. The Morgan fingerprint density at radius 2 is 1.67 bits per heavy atom. The third kappa shape index (κ3) is 8.01. The van der Waals surface area contributed by atoms with Gasteiger partial charge < -0.3 is 30.3 Å². The molecule has 2 aliphatic rings. The van der Waals surface area contributed by atoms with Crippen molar-refractivity contribution in [2.45, 2.75) is 75.9 Å². The van der Waals surface area contributed by atoms with Crippen LogP contribution in [0.4, 0.5) is 4.79 Å². The first-order valence-corrected chi connectivity index (χ1v) is 13.7. The molecule has 2 atom stereocenters. The number of ketones is 1. The van der Waals surface area contributed by atoms with Gasteiger partial charge in [-0.1, -0.05) is 69.4 Å². The number of Topliss-reactive ketones (excluding diaryl/α,β-unsaturated/α-hetero) is 1. The number of hydrogen-bond donors (Lipinski definition) is 3. The van der Waals surface area contributed by atoms with E-state index in [9.17, 15) is 24.0 Å². The van der Waals surface area contributed by atoms with E-state index in [-0.39, 0.29) is 12.5 Å². The molecule has 214 valence electrons. The van der Waals surface area contributed by atoms with E-state index in [4.69, 9.17) is 9.47 Å². The van der Waals surface area contributed by atoms with Crippen LogP contribution < -0.4 is 16.0 Å². The van der Waals surface area contributed by atoms with Crippen LogP contribution in [0.25, 0.3) is 0 Å². The number of methoxy groups -OCH3 is 1. The van der Waals surface area contributed by atoms with Crippen LogP contribution in [0.1, 0.15) is 69.9 Å². The summed E-state index contributed by atoms with van der Waals surface area (Å²) in [5, 5.41) is 8.21. The number of esters is 1. The molecule has 0 unspecified atom stereocenters. The minimum Gasteiger partial charge on any atom is -0.467 e. The lowest BCUT2D eigenvalue weighted by Gasteiger charge is -2.39. The van der Waals surface area contributed by atoms with Gasteiger partial charge in [-0.15, -0.1) is 0 Å². The Morgan fingerprint density at radius 1 is 1.00 bits per heavy atom.